The van der Waals surface area contributed by atoms with Crippen LogP contribution in [-0.4, -0.2) is 57.9 Å². The summed E-state index contributed by atoms with van der Waals surface area (Å²) in [5.74, 6) is -3.00. The number of aromatic amines is 1. The number of carboxylic acid groups (broad SMARTS) is 1. The number of carbonyl (C=O) groups excluding carboxylic acids is 3. The normalized spacial score (nSPS) is 15.5. The van der Waals surface area contributed by atoms with Crippen LogP contribution in [0.2, 0.25) is 0 Å². The Bertz CT molecular complexity index is 1060. The van der Waals surface area contributed by atoms with Crippen LogP contribution < -0.4 is 21.7 Å². The van der Waals surface area contributed by atoms with Gasteiger partial charge in [0, 0.05) is 23.5 Å². The topological polar surface area (TPSA) is 166 Å². The molecule has 0 radical (unpaired) electrons. The average Bonchev–Trinajstić information content (AvgIpc) is 3.23. The number of aliphatic carboxylic acids is 1. The van der Waals surface area contributed by atoms with Gasteiger partial charge in [0.05, 0.1) is 6.04 Å². The van der Waals surface area contributed by atoms with E-state index in [-0.39, 0.29) is 18.3 Å². The van der Waals surface area contributed by atoms with Crippen LogP contribution in [0.15, 0.2) is 30.5 Å². The third-order valence-electron chi connectivity index (χ3n) is 6.26. The Balaban J connectivity index is 2.28. The second-order valence-electron chi connectivity index (χ2n) is 9.81. The number of carbonyl (C=O) groups is 4. The van der Waals surface area contributed by atoms with Crippen molar-refractivity contribution in [1.29, 1.82) is 0 Å². The lowest BCUT2D eigenvalue weighted by Gasteiger charge is -2.27. The molecule has 0 saturated heterocycles. The molecule has 0 spiro atoms. The highest BCUT2D eigenvalue weighted by Crippen LogP contribution is 2.19. The Morgan fingerprint density at radius 1 is 0.944 bits per heavy atom. The lowest BCUT2D eigenvalue weighted by molar-refractivity contribution is -0.144. The van der Waals surface area contributed by atoms with Gasteiger partial charge in [-0.25, -0.2) is 4.79 Å². The van der Waals surface area contributed by atoms with Crippen molar-refractivity contribution in [1.82, 2.24) is 20.9 Å². The van der Waals surface area contributed by atoms with Crippen molar-refractivity contribution in [3.8, 4) is 0 Å². The van der Waals surface area contributed by atoms with Crippen LogP contribution in [0.3, 0.4) is 0 Å². The van der Waals surface area contributed by atoms with Gasteiger partial charge in [0.25, 0.3) is 0 Å². The number of carboxylic acids is 1. The highest BCUT2D eigenvalue weighted by atomic mass is 16.4. The molecule has 0 fully saturated rings. The summed E-state index contributed by atoms with van der Waals surface area (Å²) in [4.78, 5) is 53.8. The molecule has 2 aromatic rings. The molecule has 1 aromatic heterocycles. The van der Waals surface area contributed by atoms with Crippen LogP contribution in [0.5, 0.6) is 0 Å². The van der Waals surface area contributed by atoms with Crippen LogP contribution in [0, 0.1) is 11.8 Å². The minimum absolute atomic E-state index is 0.0404. The Kier molecular flexibility index (Phi) is 10.5. The Morgan fingerprint density at radius 3 is 2.14 bits per heavy atom. The summed E-state index contributed by atoms with van der Waals surface area (Å²) in [5, 5.41) is 18.5. The summed E-state index contributed by atoms with van der Waals surface area (Å²) >= 11 is 0. The van der Waals surface area contributed by atoms with E-state index >= 15 is 0 Å². The molecule has 10 nitrogen and oxygen atoms in total. The zero-order chi connectivity index (χ0) is 27.0. The van der Waals surface area contributed by atoms with Gasteiger partial charge in [-0.2, -0.15) is 0 Å². The summed E-state index contributed by atoms with van der Waals surface area (Å²) in [6, 6.07) is 3.74. The largest absolute Gasteiger partial charge is 0.480 e. The Morgan fingerprint density at radius 2 is 1.56 bits per heavy atom. The number of nitrogens with one attached hydrogen (secondary N) is 4. The van der Waals surface area contributed by atoms with E-state index in [1.807, 2.05) is 45.0 Å². The molecule has 0 saturated carbocycles. The molecule has 10 heteroatoms. The highest BCUT2D eigenvalue weighted by molar-refractivity contribution is 5.94. The zero-order valence-electron chi connectivity index (χ0n) is 21.6. The lowest BCUT2D eigenvalue weighted by atomic mass is 9.97. The first-order valence-corrected chi connectivity index (χ1v) is 12.4. The smallest absolute Gasteiger partial charge is 0.326 e. The van der Waals surface area contributed by atoms with Crippen LogP contribution in [0.1, 0.15) is 53.0 Å². The summed E-state index contributed by atoms with van der Waals surface area (Å²) in [7, 11) is 0. The number of hydrogen-bond acceptors (Lipinski definition) is 5. The van der Waals surface area contributed by atoms with Crippen LogP contribution >= 0.6 is 0 Å². The van der Waals surface area contributed by atoms with E-state index in [0.29, 0.717) is 12.8 Å². The van der Waals surface area contributed by atoms with Gasteiger partial charge >= 0.3 is 5.97 Å². The van der Waals surface area contributed by atoms with Crippen molar-refractivity contribution in [3.05, 3.63) is 36.0 Å². The quantitative estimate of drug-likeness (QED) is 0.244. The predicted molar refractivity (Wildman–Crippen MR) is 138 cm³/mol. The maximum Gasteiger partial charge on any atom is 0.326 e. The molecule has 5 unspecified atom stereocenters. The second kappa shape index (κ2) is 13.1. The number of nitrogens with two attached hydrogens (primary N) is 1. The van der Waals surface area contributed by atoms with Gasteiger partial charge in [-0.3, -0.25) is 14.4 Å². The molecule has 3 amide bonds. The molecule has 2 rings (SSSR count). The lowest BCUT2D eigenvalue weighted by Crippen LogP contribution is -2.58. The van der Waals surface area contributed by atoms with Crippen molar-refractivity contribution in [3.63, 3.8) is 0 Å². The number of benzene rings is 1. The molecule has 36 heavy (non-hydrogen) atoms. The van der Waals surface area contributed by atoms with Crippen LogP contribution in [-0.2, 0) is 25.6 Å². The number of hydrogen-bond donors (Lipinski definition) is 6. The average molecular weight is 502 g/mol. The van der Waals surface area contributed by atoms with E-state index < -0.39 is 47.9 Å². The fourth-order valence-corrected chi connectivity index (χ4v) is 3.95. The van der Waals surface area contributed by atoms with Crippen molar-refractivity contribution < 1.29 is 24.3 Å². The van der Waals surface area contributed by atoms with Crippen molar-refractivity contribution in [2.75, 3.05) is 0 Å². The third-order valence-corrected chi connectivity index (χ3v) is 6.26. The van der Waals surface area contributed by atoms with E-state index in [9.17, 15) is 24.3 Å². The molecule has 0 aliphatic heterocycles. The molecule has 0 bridgehead atoms. The molecular formula is C26H39N5O5. The van der Waals surface area contributed by atoms with Gasteiger partial charge < -0.3 is 31.8 Å². The monoisotopic (exact) mass is 501 g/mol. The van der Waals surface area contributed by atoms with Gasteiger partial charge in [0.1, 0.15) is 18.1 Å². The van der Waals surface area contributed by atoms with Gasteiger partial charge in [-0.1, -0.05) is 52.3 Å². The third kappa shape index (κ3) is 7.81. The number of rotatable bonds is 13. The maximum absolute atomic E-state index is 13.4. The number of H-pyrrole nitrogens is 1. The first-order chi connectivity index (χ1) is 16.9. The molecule has 1 heterocycles. The number of amides is 3. The summed E-state index contributed by atoms with van der Waals surface area (Å²) < 4.78 is 0. The van der Waals surface area contributed by atoms with Crippen LogP contribution in [0.25, 0.3) is 10.9 Å². The first-order valence-electron chi connectivity index (χ1n) is 12.4. The van der Waals surface area contributed by atoms with E-state index in [1.165, 1.54) is 6.92 Å². The molecule has 0 aliphatic rings. The first kappa shape index (κ1) is 28.8. The van der Waals surface area contributed by atoms with Gasteiger partial charge in [-0.05, 0) is 36.8 Å². The summed E-state index contributed by atoms with van der Waals surface area (Å²) in [6.07, 6.45) is 2.82. The van der Waals surface area contributed by atoms with Crippen molar-refractivity contribution in [2.24, 2.45) is 17.6 Å². The van der Waals surface area contributed by atoms with E-state index in [4.69, 9.17) is 5.73 Å². The van der Waals surface area contributed by atoms with Crippen LogP contribution in [0.4, 0.5) is 0 Å². The van der Waals surface area contributed by atoms with E-state index in [1.54, 1.807) is 13.1 Å². The zero-order valence-corrected chi connectivity index (χ0v) is 21.6. The molecule has 1 aromatic carbocycles. The summed E-state index contributed by atoms with van der Waals surface area (Å²) in [6.45, 7) is 8.91. The molecule has 0 aliphatic carbocycles. The maximum atomic E-state index is 13.4. The molecule has 198 valence electrons. The predicted octanol–water partition coefficient (Wildman–Crippen LogP) is 1.69. The minimum atomic E-state index is -1.13. The van der Waals surface area contributed by atoms with Gasteiger partial charge in [-0.15, -0.1) is 0 Å². The fourth-order valence-electron chi connectivity index (χ4n) is 3.95. The molecular weight excluding hydrogens is 462 g/mol. The fraction of sp³-hybridized carbons (Fsp3) is 0.538. The standard InChI is InChI=1S/C26H39N5O5/c1-6-15(4)22(26(35)36)31-25(34)20(11-14(2)3)30-24(33)21(29-23(32)16(5)27)12-17-13-28-19-10-8-7-9-18(17)19/h7-10,13-16,20-22,28H,6,11-12,27H2,1-5H3,(H,29,32)(H,30,33)(H,31,34)(H,35,36). The molecule has 7 N–H and O–H groups in total. The van der Waals surface area contributed by atoms with Gasteiger partial charge in [0.2, 0.25) is 17.7 Å². The summed E-state index contributed by atoms with van der Waals surface area (Å²) in [5.41, 5.74) is 7.44. The molecule has 5 atom stereocenters. The van der Waals surface area contributed by atoms with E-state index in [2.05, 4.69) is 20.9 Å². The second-order valence-corrected chi connectivity index (χ2v) is 9.81. The SMILES string of the molecule is CCC(C)C(NC(=O)C(CC(C)C)NC(=O)C(Cc1c[nH]c2ccccc12)NC(=O)C(C)N)C(=O)O. The Hall–Kier alpha value is -3.40. The van der Waals surface area contributed by atoms with Gasteiger partial charge in [0.15, 0.2) is 0 Å². The number of aromatic nitrogens is 1. The highest BCUT2D eigenvalue weighted by Gasteiger charge is 2.32. The Labute approximate surface area is 211 Å². The van der Waals surface area contributed by atoms with E-state index in [0.717, 1.165) is 16.5 Å². The minimum Gasteiger partial charge on any atom is -0.480 e. The van der Waals surface area contributed by atoms with Crippen molar-refractivity contribution in [2.45, 2.75) is 78.0 Å². The number of para-hydroxylation sites is 1. The van der Waals surface area contributed by atoms with Crippen molar-refractivity contribution >= 4 is 34.6 Å². The number of fused-ring (bicyclic) bond motifs is 1.